The van der Waals surface area contributed by atoms with E-state index in [-0.39, 0.29) is 31.2 Å². The van der Waals surface area contributed by atoms with Crippen molar-refractivity contribution < 1.29 is 19.5 Å². The first-order valence-electron chi connectivity index (χ1n) is 8.45. The van der Waals surface area contributed by atoms with E-state index in [1.54, 1.807) is 9.80 Å². The molecule has 1 aromatic rings. The fraction of sp³-hybridized carbons (Fsp3) is 0.500. The van der Waals surface area contributed by atoms with Crippen LogP contribution in [-0.2, 0) is 20.8 Å². The van der Waals surface area contributed by atoms with E-state index in [4.69, 9.17) is 5.11 Å². The smallest absolute Gasteiger partial charge is 0.308 e. The number of nitrogens with zero attached hydrogens (tertiary/aromatic N) is 2. The summed E-state index contributed by atoms with van der Waals surface area (Å²) in [5.74, 6) is -1.50. The van der Waals surface area contributed by atoms with E-state index in [9.17, 15) is 14.4 Å². The summed E-state index contributed by atoms with van der Waals surface area (Å²) >= 11 is 0. The van der Waals surface area contributed by atoms with Gasteiger partial charge in [-0.15, -0.1) is 0 Å². The number of para-hydroxylation sites is 1. The van der Waals surface area contributed by atoms with Gasteiger partial charge in [-0.05, 0) is 30.9 Å². The number of rotatable bonds is 4. The number of carbonyl (C=O) groups is 3. The van der Waals surface area contributed by atoms with Gasteiger partial charge in [0.15, 0.2) is 0 Å². The third kappa shape index (κ3) is 3.42. The lowest BCUT2D eigenvalue weighted by Crippen LogP contribution is -2.42. The number of piperidine rings is 1. The molecule has 1 unspecified atom stereocenters. The molecule has 1 atom stereocenters. The fourth-order valence-electron chi connectivity index (χ4n) is 3.51. The van der Waals surface area contributed by atoms with Crippen LogP contribution in [0.3, 0.4) is 0 Å². The van der Waals surface area contributed by atoms with Crippen molar-refractivity contribution in [2.45, 2.75) is 32.1 Å². The Labute approximate surface area is 141 Å². The summed E-state index contributed by atoms with van der Waals surface area (Å²) in [7, 11) is 0. The summed E-state index contributed by atoms with van der Waals surface area (Å²) in [6.45, 7) is 1.51. The van der Waals surface area contributed by atoms with E-state index < -0.39 is 11.9 Å². The van der Waals surface area contributed by atoms with Gasteiger partial charge in [0.2, 0.25) is 11.8 Å². The Balaban J connectivity index is 1.53. The number of carbonyl (C=O) groups excluding carboxylic acids is 2. The predicted octanol–water partition coefficient (Wildman–Crippen LogP) is 1.68. The zero-order valence-corrected chi connectivity index (χ0v) is 13.6. The normalized spacial score (nSPS) is 19.9. The average Bonchev–Trinajstić information content (AvgIpc) is 3.03. The number of anilines is 1. The van der Waals surface area contributed by atoms with E-state index in [0.29, 0.717) is 25.9 Å². The average molecular weight is 330 g/mol. The lowest BCUT2D eigenvalue weighted by molar-refractivity contribution is -0.146. The molecule has 1 saturated heterocycles. The second-order valence-corrected chi connectivity index (χ2v) is 6.44. The standard InChI is InChI=1S/C18H22N2O4/c21-16(19-10-3-5-14(12-19)18(23)24)7-8-17(22)20-11-9-13-4-1-2-6-15(13)20/h1-2,4,6,14H,3,5,7-12H2,(H,23,24). The van der Waals surface area contributed by atoms with Gasteiger partial charge < -0.3 is 14.9 Å². The molecule has 1 aromatic carbocycles. The van der Waals surface area contributed by atoms with E-state index in [1.165, 1.54) is 0 Å². The third-order valence-corrected chi connectivity index (χ3v) is 4.86. The SMILES string of the molecule is O=C(O)C1CCCN(C(=O)CCC(=O)N2CCc3ccccc32)C1. The van der Waals surface area contributed by atoms with Crippen LogP contribution in [0.15, 0.2) is 24.3 Å². The van der Waals surface area contributed by atoms with E-state index in [1.807, 2.05) is 24.3 Å². The summed E-state index contributed by atoms with van der Waals surface area (Å²) in [6, 6.07) is 7.83. The molecule has 2 aliphatic rings. The number of fused-ring (bicyclic) bond motifs is 1. The first-order valence-corrected chi connectivity index (χ1v) is 8.45. The molecule has 24 heavy (non-hydrogen) atoms. The van der Waals surface area contributed by atoms with Crippen molar-refractivity contribution in [3.8, 4) is 0 Å². The van der Waals surface area contributed by atoms with E-state index >= 15 is 0 Å². The highest BCUT2D eigenvalue weighted by atomic mass is 16.4. The Kier molecular flexibility index (Phi) is 4.83. The zero-order chi connectivity index (χ0) is 17.1. The lowest BCUT2D eigenvalue weighted by Gasteiger charge is -2.30. The second-order valence-electron chi connectivity index (χ2n) is 6.44. The zero-order valence-electron chi connectivity index (χ0n) is 13.6. The van der Waals surface area contributed by atoms with Gasteiger partial charge in [-0.2, -0.15) is 0 Å². The maximum atomic E-state index is 12.4. The van der Waals surface area contributed by atoms with Crippen LogP contribution in [0.4, 0.5) is 5.69 Å². The summed E-state index contributed by atoms with van der Waals surface area (Å²) in [4.78, 5) is 39.1. The molecule has 3 rings (SSSR count). The highest BCUT2D eigenvalue weighted by Gasteiger charge is 2.29. The van der Waals surface area contributed by atoms with Crippen molar-refractivity contribution in [2.75, 3.05) is 24.5 Å². The first kappa shape index (κ1) is 16.5. The molecule has 0 aromatic heterocycles. The van der Waals surface area contributed by atoms with E-state index in [0.717, 1.165) is 17.7 Å². The molecule has 0 bridgehead atoms. The molecule has 6 heteroatoms. The predicted molar refractivity (Wildman–Crippen MR) is 88.7 cm³/mol. The van der Waals surface area contributed by atoms with Crippen LogP contribution >= 0.6 is 0 Å². The van der Waals surface area contributed by atoms with Gasteiger partial charge in [-0.3, -0.25) is 14.4 Å². The number of amides is 2. The van der Waals surface area contributed by atoms with Crippen LogP contribution in [0.5, 0.6) is 0 Å². The van der Waals surface area contributed by atoms with Crippen molar-refractivity contribution in [3.63, 3.8) is 0 Å². The molecule has 128 valence electrons. The highest BCUT2D eigenvalue weighted by Crippen LogP contribution is 2.28. The van der Waals surface area contributed by atoms with Gasteiger partial charge in [-0.1, -0.05) is 18.2 Å². The third-order valence-electron chi connectivity index (χ3n) is 4.86. The number of carboxylic acids is 1. The molecular formula is C18H22N2O4. The molecule has 2 amide bonds. The molecule has 0 radical (unpaired) electrons. The maximum Gasteiger partial charge on any atom is 0.308 e. The van der Waals surface area contributed by atoms with Crippen LogP contribution < -0.4 is 4.90 Å². The van der Waals surface area contributed by atoms with Crippen molar-refractivity contribution in [1.29, 1.82) is 0 Å². The topological polar surface area (TPSA) is 77.9 Å². The number of hydrogen-bond donors (Lipinski definition) is 1. The Bertz CT molecular complexity index is 658. The number of likely N-dealkylation sites (tertiary alicyclic amines) is 1. The number of hydrogen-bond acceptors (Lipinski definition) is 3. The van der Waals surface area contributed by atoms with Crippen LogP contribution in [0.1, 0.15) is 31.2 Å². The van der Waals surface area contributed by atoms with Gasteiger partial charge in [0.05, 0.1) is 5.92 Å². The molecule has 0 spiro atoms. The van der Waals surface area contributed by atoms with Gasteiger partial charge in [-0.25, -0.2) is 0 Å². The summed E-state index contributed by atoms with van der Waals surface area (Å²) < 4.78 is 0. The monoisotopic (exact) mass is 330 g/mol. The number of aliphatic carboxylic acids is 1. The largest absolute Gasteiger partial charge is 0.481 e. The van der Waals surface area contributed by atoms with Crippen molar-refractivity contribution in [1.82, 2.24) is 4.90 Å². The van der Waals surface area contributed by atoms with Crippen LogP contribution in [-0.4, -0.2) is 47.4 Å². The Morgan fingerprint density at radius 1 is 1.08 bits per heavy atom. The molecule has 0 saturated carbocycles. The quantitative estimate of drug-likeness (QED) is 0.911. The minimum atomic E-state index is -0.850. The molecule has 6 nitrogen and oxygen atoms in total. The van der Waals surface area contributed by atoms with Gasteiger partial charge in [0, 0.05) is 38.2 Å². The van der Waals surface area contributed by atoms with Crippen LogP contribution in [0, 0.1) is 5.92 Å². The molecular weight excluding hydrogens is 308 g/mol. The van der Waals surface area contributed by atoms with Crippen molar-refractivity contribution >= 4 is 23.5 Å². The highest BCUT2D eigenvalue weighted by molar-refractivity contribution is 5.97. The summed E-state index contributed by atoms with van der Waals surface area (Å²) in [5.41, 5.74) is 2.11. The summed E-state index contributed by atoms with van der Waals surface area (Å²) in [5, 5.41) is 9.09. The van der Waals surface area contributed by atoms with Gasteiger partial charge in [0.25, 0.3) is 0 Å². The Morgan fingerprint density at radius 3 is 2.62 bits per heavy atom. The minimum absolute atomic E-state index is 0.0416. The lowest BCUT2D eigenvalue weighted by atomic mass is 9.98. The second kappa shape index (κ2) is 7.03. The Morgan fingerprint density at radius 2 is 1.83 bits per heavy atom. The Hall–Kier alpha value is -2.37. The van der Waals surface area contributed by atoms with E-state index in [2.05, 4.69) is 0 Å². The summed E-state index contributed by atoms with van der Waals surface area (Å²) in [6.07, 6.45) is 2.48. The molecule has 2 aliphatic heterocycles. The van der Waals surface area contributed by atoms with Crippen LogP contribution in [0.25, 0.3) is 0 Å². The molecule has 2 heterocycles. The van der Waals surface area contributed by atoms with Crippen LogP contribution in [0.2, 0.25) is 0 Å². The number of benzene rings is 1. The molecule has 1 N–H and O–H groups in total. The minimum Gasteiger partial charge on any atom is -0.481 e. The van der Waals surface area contributed by atoms with Crippen molar-refractivity contribution in [3.05, 3.63) is 29.8 Å². The first-order chi connectivity index (χ1) is 11.6. The molecule has 1 fully saturated rings. The van der Waals surface area contributed by atoms with Crippen molar-refractivity contribution in [2.24, 2.45) is 5.92 Å². The van der Waals surface area contributed by atoms with Gasteiger partial charge in [0.1, 0.15) is 0 Å². The van der Waals surface area contributed by atoms with Gasteiger partial charge >= 0.3 is 5.97 Å². The maximum absolute atomic E-state index is 12.4. The fourth-order valence-corrected chi connectivity index (χ4v) is 3.51. The molecule has 0 aliphatic carbocycles. The number of carboxylic acid groups (broad SMARTS) is 1.